The van der Waals surface area contributed by atoms with Crippen molar-refractivity contribution in [2.75, 3.05) is 10.2 Å². The summed E-state index contributed by atoms with van der Waals surface area (Å²) < 4.78 is 0. The molecule has 3 amide bonds. The maximum absolute atomic E-state index is 13.0. The third-order valence-corrected chi connectivity index (χ3v) is 7.52. The zero-order chi connectivity index (χ0) is 25.2. The van der Waals surface area contributed by atoms with E-state index in [2.05, 4.69) is 19.2 Å². The zero-order valence-electron chi connectivity index (χ0n) is 20.1. The van der Waals surface area contributed by atoms with Crippen molar-refractivity contribution in [2.45, 2.75) is 36.3 Å². The summed E-state index contributed by atoms with van der Waals surface area (Å²) in [6.45, 7) is 4.21. The molecule has 6 heteroatoms. The number of imide groups is 1. The molecule has 4 aromatic rings. The fraction of sp³-hybridized carbons (Fsp3) is 0.167. The Hall–Kier alpha value is -3.90. The predicted octanol–water partition coefficient (Wildman–Crippen LogP) is 6.64. The van der Waals surface area contributed by atoms with Gasteiger partial charge >= 0.3 is 0 Å². The monoisotopic (exact) mass is 494 g/mol. The minimum atomic E-state index is -0.472. The van der Waals surface area contributed by atoms with Gasteiger partial charge in [0.25, 0.3) is 5.91 Å². The van der Waals surface area contributed by atoms with E-state index in [0.717, 1.165) is 21.2 Å². The molecule has 1 aliphatic rings. The second-order valence-electron chi connectivity index (χ2n) is 9.16. The second kappa shape index (κ2) is 9.99. The lowest BCUT2D eigenvalue weighted by atomic mass is 10.0. The highest BCUT2D eigenvalue weighted by atomic mass is 32.2. The number of hydrogen-bond acceptors (Lipinski definition) is 4. The first kappa shape index (κ1) is 23.8. The summed E-state index contributed by atoms with van der Waals surface area (Å²) in [6.07, 6.45) is 0.163. The van der Waals surface area contributed by atoms with E-state index in [1.807, 2.05) is 91.0 Å². The number of carbonyl (C=O) groups is 3. The van der Waals surface area contributed by atoms with E-state index >= 15 is 0 Å². The SMILES string of the molecule is CC(C)c1ccc(N2C(=O)CC(Sc3ccc(NC(=O)c4ccc5ccccc5c4)cc3)C2=O)cc1. The molecule has 1 aliphatic heterocycles. The Labute approximate surface area is 214 Å². The van der Waals surface area contributed by atoms with Crippen molar-refractivity contribution >= 4 is 51.6 Å². The van der Waals surface area contributed by atoms with Gasteiger partial charge in [0.1, 0.15) is 0 Å². The zero-order valence-corrected chi connectivity index (χ0v) is 20.9. The summed E-state index contributed by atoms with van der Waals surface area (Å²) in [7, 11) is 0. The van der Waals surface area contributed by atoms with Gasteiger partial charge in [0.15, 0.2) is 0 Å². The van der Waals surface area contributed by atoms with Crippen LogP contribution >= 0.6 is 11.8 Å². The van der Waals surface area contributed by atoms with Gasteiger partial charge in [-0.05, 0) is 70.8 Å². The lowest BCUT2D eigenvalue weighted by Gasteiger charge is -2.16. The van der Waals surface area contributed by atoms with Crippen LogP contribution in [-0.2, 0) is 9.59 Å². The Balaban J connectivity index is 1.23. The first-order valence-corrected chi connectivity index (χ1v) is 12.8. The second-order valence-corrected chi connectivity index (χ2v) is 10.4. The van der Waals surface area contributed by atoms with Gasteiger partial charge in [-0.15, -0.1) is 11.8 Å². The highest BCUT2D eigenvalue weighted by molar-refractivity contribution is 8.00. The third-order valence-electron chi connectivity index (χ3n) is 6.33. The van der Waals surface area contributed by atoms with Crippen molar-refractivity contribution in [2.24, 2.45) is 0 Å². The molecule has 1 unspecified atom stereocenters. The first-order valence-electron chi connectivity index (χ1n) is 11.9. The smallest absolute Gasteiger partial charge is 0.255 e. The molecule has 1 fully saturated rings. The molecule has 0 bridgehead atoms. The number of carbonyl (C=O) groups excluding carboxylic acids is 3. The van der Waals surface area contributed by atoms with Gasteiger partial charge in [0, 0.05) is 22.6 Å². The number of anilines is 2. The summed E-state index contributed by atoms with van der Waals surface area (Å²) in [6, 6.07) is 28.5. The number of nitrogens with one attached hydrogen (secondary N) is 1. The van der Waals surface area contributed by atoms with Crippen LogP contribution < -0.4 is 10.2 Å². The third kappa shape index (κ3) is 4.90. The maximum Gasteiger partial charge on any atom is 0.255 e. The number of nitrogens with zero attached hydrogens (tertiary/aromatic N) is 1. The highest BCUT2D eigenvalue weighted by Gasteiger charge is 2.40. The van der Waals surface area contributed by atoms with Crippen molar-refractivity contribution in [1.82, 2.24) is 0 Å². The standard InChI is InChI=1S/C30H26N2O3S/c1-19(2)20-9-13-25(14-10-20)32-28(33)18-27(30(32)35)36-26-15-11-24(12-16-26)31-29(34)23-8-7-21-5-3-4-6-22(21)17-23/h3-17,19,27H,18H2,1-2H3,(H,31,34). The van der Waals surface area contributed by atoms with Crippen molar-refractivity contribution in [1.29, 1.82) is 0 Å². The van der Waals surface area contributed by atoms with E-state index in [1.54, 1.807) is 0 Å². The summed E-state index contributed by atoms with van der Waals surface area (Å²) in [5, 5.41) is 4.55. The van der Waals surface area contributed by atoms with Gasteiger partial charge in [-0.1, -0.05) is 56.3 Å². The van der Waals surface area contributed by atoms with Crippen LogP contribution in [0.4, 0.5) is 11.4 Å². The molecule has 1 saturated heterocycles. The average molecular weight is 495 g/mol. The molecule has 0 saturated carbocycles. The Morgan fingerprint density at radius 2 is 1.58 bits per heavy atom. The van der Waals surface area contributed by atoms with Crippen molar-refractivity contribution in [3.8, 4) is 0 Å². The number of rotatable bonds is 6. The van der Waals surface area contributed by atoms with Gasteiger partial charge in [0.05, 0.1) is 10.9 Å². The van der Waals surface area contributed by atoms with Gasteiger partial charge < -0.3 is 5.32 Å². The van der Waals surface area contributed by atoms with E-state index in [1.165, 1.54) is 16.7 Å². The van der Waals surface area contributed by atoms with Crippen LogP contribution in [0.15, 0.2) is 95.9 Å². The molecular weight excluding hydrogens is 468 g/mol. The van der Waals surface area contributed by atoms with Crippen LogP contribution in [0, 0.1) is 0 Å². The molecule has 5 rings (SSSR count). The average Bonchev–Trinajstić information content (AvgIpc) is 3.17. The number of thioether (sulfide) groups is 1. The Kier molecular flexibility index (Phi) is 6.61. The van der Waals surface area contributed by atoms with Gasteiger partial charge in [-0.2, -0.15) is 0 Å². The van der Waals surface area contributed by atoms with Crippen LogP contribution in [0.25, 0.3) is 10.8 Å². The molecule has 0 aliphatic carbocycles. The lowest BCUT2D eigenvalue weighted by Crippen LogP contribution is -2.31. The molecule has 1 atom stereocenters. The van der Waals surface area contributed by atoms with E-state index in [4.69, 9.17) is 0 Å². The number of amides is 3. The maximum atomic E-state index is 13.0. The Bertz CT molecular complexity index is 1450. The molecule has 0 aromatic heterocycles. The van der Waals surface area contributed by atoms with E-state index in [9.17, 15) is 14.4 Å². The lowest BCUT2D eigenvalue weighted by molar-refractivity contribution is -0.121. The van der Waals surface area contributed by atoms with Crippen molar-refractivity contribution < 1.29 is 14.4 Å². The molecule has 36 heavy (non-hydrogen) atoms. The van der Waals surface area contributed by atoms with Crippen LogP contribution in [0.1, 0.15) is 42.1 Å². The van der Waals surface area contributed by atoms with Crippen LogP contribution in [0.2, 0.25) is 0 Å². The fourth-order valence-corrected chi connectivity index (χ4v) is 5.34. The minimum Gasteiger partial charge on any atom is -0.322 e. The van der Waals surface area contributed by atoms with E-state index in [0.29, 0.717) is 22.9 Å². The summed E-state index contributed by atoms with van der Waals surface area (Å²) in [5.41, 5.74) is 3.03. The molecule has 4 aromatic carbocycles. The van der Waals surface area contributed by atoms with Gasteiger partial charge in [-0.3, -0.25) is 14.4 Å². The normalized spacial score (nSPS) is 15.6. The van der Waals surface area contributed by atoms with Gasteiger partial charge in [0.2, 0.25) is 11.8 Å². The summed E-state index contributed by atoms with van der Waals surface area (Å²) in [5.74, 6) is -0.186. The van der Waals surface area contributed by atoms with Crippen LogP contribution in [0.3, 0.4) is 0 Å². The largest absolute Gasteiger partial charge is 0.322 e. The van der Waals surface area contributed by atoms with E-state index in [-0.39, 0.29) is 24.1 Å². The first-order chi connectivity index (χ1) is 17.4. The minimum absolute atomic E-state index is 0.163. The van der Waals surface area contributed by atoms with E-state index < -0.39 is 5.25 Å². The highest BCUT2D eigenvalue weighted by Crippen LogP contribution is 2.35. The number of benzene rings is 4. The molecule has 5 nitrogen and oxygen atoms in total. The molecule has 1 heterocycles. The Morgan fingerprint density at radius 3 is 2.28 bits per heavy atom. The number of fused-ring (bicyclic) bond motifs is 1. The van der Waals surface area contributed by atoms with Crippen LogP contribution in [0.5, 0.6) is 0 Å². The summed E-state index contributed by atoms with van der Waals surface area (Å²) >= 11 is 1.37. The number of hydrogen-bond donors (Lipinski definition) is 1. The fourth-order valence-electron chi connectivity index (χ4n) is 4.29. The Morgan fingerprint density at radius 1 is 0.889 bits per heavy atom. The molecule has 1 N–H and O–H groups in total. The summed E-state index contributed by atoms with van der Waals surface area (Å²) in [4.78, 5) is 40.5. The van der Waals surface area contributed by atoms with Gasteiger partial charge in [-0.25, -0.2) is 4.90 Å². The molecule has 180 valence electrons. The van der Waals surface area contributed by atoms with Crippen LogP contribution in [-0.4, -0.2) is 23.0 Å². The van der Waals surface area contributed by atoms with Crippen molar-refractivity contribution in [3.63, 3.8) is 0 Å². The molecule has 0 spiro atoms. The molecule has 0 radical (unpaired) electrons. The molecular formula is C30H26N2O3S. The quantitative estimate of drug-likeness (QED) is 0.305. The van der Waals surface area contributed by atoms with Crippen molar-refractivity contribution in [3.05, 3.63) is 102 Å². The topological polar surface area (TPSA) is 66.5 Å². The predicted molar refractivity (Wildman–Crippen MR) is 146 cm³/mol.